The zero-order valence-corrected chi connectivity index (χ0v) is 15.1. The van der Waals surface area contributed by atoms with Crippen LogP contribution in [0.1, 0.15) is 25.4 Å². The van der Waals surface area contributed by atoms with E-state index in [0.717, 1.165) is 18.1 Å². The summed E-state index contributed by atoms with van der Waals surface area (Å²) in [4.78, 5) is 4.44. The Hall–Kier alpha value is -2.47. The summed E-state index contributed by atoms with van der Waals surface area (Å²) >= 11 is 0. The number of hydrogen-bond acceptors (Lipinski definition) is 4. The zero-order valence-electron chi connectivity index (χ0n) is 15.1. The molecule has 1 atom stereocenters. The monoisotopic (exact) mass is 345 g/mol. The van der Waals surface area contributed by atoms with E-state index in [0.29, 0.717) is 24.9 Å². The number of aliphatic hydroxyl groups is 1. The molecule has 6 heteroatoms. The molecule has 0 aliphatic carbocycles. The maximum Gasteiger partial charge on any atom is 0.191 e. The van der Waals surface area contributed by atoms with Gasteiger partial charge >= 0.3 is 0 Å². The zero-order chi connectivity index (χ0) is 18.1. The number of aryl methyl sites for hydroxylation is 1. The van der Waals surface area contributed by atoms with E-state index in [4.69, 9.17) is 9.15 Å². The van der Waals surface area contributed by atoms with Crippen molar-refractivity contribution in [1.29, 1.82) is 0 Å². The summed E-state index contributed by atoms with van der Waals surface area (Å²) in [6.45, 7) is 7.57. The topological polar surface area (TPSA) is 79.0 Å². The Kier molecular flexibility index (Phi) is 6.89. The van der Waals surface area contributed by atoms with Gasteiger partial charge in [-0.1, -0.05) is 18.2 Å². The minimum Gasteiger partial charge on any atom is -0.492 e. The SMILES string of the molecule is CCNC(=NCC(C)(O)c1ccc(C)o1)NCCOc1ccccc1. The fraction of sp³-hybridized carbons (Fsp3) is 0.421. The molecular weight excluding hydrogens is 318 g/mol. The normalized spacial score (nSPS) is 14.0. The molecule has 1 aromatic carbocycles. The van der Waals surface area contributed by atoms with E-state index in [1.54, 1.807) is 13.0 Å². The van der Waals surface area contributed by atoms with Crippen molar-refractivity contribution in [2.45, 2.75) is 26.4 Å². The highest BCUT2D eigenvalue weighted by atomic mass is 16.5. The van der Waals surface area contributed by atoms with Crippen LogP contribution in [-0.4, -0.2) is 37.3 Å². The fourth-order valence-electron chi connectivity index (χ4n) is 2.23. The van der Waals surface area contributed by atoms with Crippen LogP contribution in [0.5, 0.6) is 5.75 Å². The third-order valence-corrected chi connectivity index (χ3v) is 3.57. The average molecular weight is 345 g/mol. The molecular formula is C19H27N3O3. The highest BCUT2D eigenvalue weighted by molar-refractivity contribution is 5.79. The Balaban J connectivity index is 1.85. The number of aliphatic imine (C=N–C) groups is 1. The van der Waals surface area contributed by atoms with Gasteiger partial charge in [-0.2, -0.15) is 0 Å². The highest BCUT2D eigenvalue weighted by Crippen LogP contribution is 2.22. The number of rotatable bonds is 8. The third-order valence-electron chi connectivity index (χ3n) is 3.57. The van der Waals surface area contributed by atoms with Gasteiger partial charge in [-0.25, -0.2) is 4.99 Å². The summed E-state index contributed by atoms with van der Waals surface area (Å²) in [6.07, 6.45) is 0. The first-order chi connectivity index (χ1) is 12.0. The Bertz CT molecular complexity index is 666. The molecule has 3 N–H and O–H groups in total. The van der Waals surface area contributed by atoms with E-state index in [1.165, 1.54) is 0 Å². The molecule has 6 nitrogen and oxygen atoms in total. The number of ether oxygens (including phenoxy) is 1. The van der Waals surface area contributed by atoms with Crippen molar-refractivity contribution < 1.29 is 14.3 Å². The van der Waals surface area contributed by atoms with Crippen LogP contribution in [0.4, 0.5) is 0 Å². The smallest absolute Gasteiger partial charge is 0.191 e. The van der Waals surface area contributed by atoms with E-state index in [2.05, 4.69) is 15.6 Å². The molecule has 0 spiro atoms. The number of benzene rings is 1. The van der Waals surface area contributed by atoms with Gasteiger partial charge in [-0.3, -0.25) is 0 Å². The van der Waals surface area contributed by atoms with Crippen molar-refractivity contribution in [1.82, 2.24) is 10.6 Å². The minimum absolute atomic E-state index is 0.189. The predicted molar refractivity (Wildman–Crippen MR) is 98.9 cm³/mol. The van der Waals surface area contributed by atoms with Crippen molar-refractivity contribution in [3.63, 3.8) is 0 Å². The van der Waals surface area contributed by atoms with Crippen LogP contribution in [0.3, 0.4) is 0 Å². The van der Waals surface area contributed by atoms with Crippen LogP contribution < -0.4 is 15.4 Å². The lowest BCUT2D eigenvalue weighted by atomic mass is 10.0. The highest BCUT2D eigenvalue weighted by Gasteiger charge is 2.26. The maximum absolute atomic E-state index is 10.6. The quantitative estimate of drug-likeness (QED) is 0.389. The molecule has 0 amide bonds. The van der Waals surface area contributed by atoms with Gasteiger partial charge in [0.05, 0.1) is 13.1 Å². The van der Waals surface area contributed by atoms with Gasteiger partial charge in [0.15, 0.2) is 5.96 Å². The summed E-state index contributed by atoms with van der Waals surface area (Å²) in [6, 6.07) is 13.3. The summed E-state index contributed by atoms with van der Waals surface area (Å²) in [5, 5.41) is 16.9. The lowest BCUT2D eigenvalue weighted by molar-refractivity contribution is 0.0428. The van der Waals surface area contributed by atoms with Gasteiger partial charge in [0.1, 0.15) is 29.5 Å². The molecule has 1 unspecified atom stereocenters. The Morgan fingerprint density at radius 2 is 1.96 bits per heavy atom. The Morgan fingerprint density at radius 1 is 1.20 bits per heavy atom. The third kappa shape index (κ3) is 6.15. The van der Waals surface area contributed by atoms with E-state index < -0.39 is 5.60 Å². The van der Waals surface area contributed by atoms with Gasteiger partial charge in [-0.05, 0) is 45.0 Å². The first kappa shape index (κ1) is 18.9. The molecule has 0 radical (unpaired) electrons. The number of para-hydroxylation sites is 1. The van der Waals surface area contributed by atoms with Gasteiger partial charge < -0.3 is 24.9 Å². The Labute approximate surface area is 148 Å². The van der Waals surface area contributed by atoms with Crippen molar-refractivity contribution in [3.05, 3.63) is 54.0 Å². The molecule has 25 heavy (non-hydrogen) atoms. The van der Waals surface area contributed by atoms with Crippen LogP contribution in [0.25, 0.3) is 0 Å². The maximum atomic E-state index is 10.6. The lowest BCUT2D eigenvalue weighted by Crippen LogP contribution is -2.40. The first-order valence-corrected chi connectivity index (χ1v) is 8.50. The molecule has 2 rings (SSSR count). The summed E-state index contributed by atoms with van der Waals surface area (Å²) in [7, 11) is 0. The van der Waals surface area contributed by atoms with Gasteiger partial charge in [0.25, 0.3) is 0 Å². The van der Waals surface area contributed by atoms with Gasteiger partial charge in [-0.15, -0.1) is 0 Å². The second kappa shape index (κ2) is 9.13. The van der Waals surface area contributed by atoms with E-state index in [9.17, 15) is 5.11 Å². The van der Waals surface area contributed by atoms with Crippen LogP contribution >= 0.6 is 0 Å². The Morgan fingerprint density at radius 3 is 2.60 bits per heavy atom. The molecule has 0 bridgehead atoms. The molecule has 0 aliphatic heterocycles. The lowest BCUT2D eigenvalue weighted by Gasteiger charge is -2.19. The average Bonchev–Trinajstić information content (AvgIpc) is 3.05. The summed E-state index contributed by atoms with van der Waals surface area (Å²) in [5.41, 5.74) is -1.16. The van der Waals surface area contributed by atoms with Crippen molar-refractivity contribution >= 4 is 5.96 Å². The van der Waals surface area contributed by atoms with Crippen LogP contribution in [0.15, 0.2) is 51.9 Å². The van der Waals surface area contributed by atoms with Crippen LogP contribution in [-0.2, 0) is 5.60 Å². The van der Waals surface area contributed by atoms with Crippen molar-refractivity contribution in [2.75, 3.05) is 26.2 Å². The molecule has 1 heterocycles. The molecule has 0 saturated heterocycles. The summed E-state index contributed by atoms with van der Waals surface area (Å²) in [5.74, 6) is 2.74. The van der Waals surface area contributed by atoms with Crippen molar-refractivity contribution in [2.24, 2.45) is 4.99 Å². The van der Waals surface area contributed by atoms with Gasteiger partial charge in [0, 0.05) is 6.54 Å². The molecule has 0 saturated carbocycles. The standard InChI is InChI=1S/C19H27N3O3/c1-4-20-18(21-12-13-24-16-8-6-5-7-9-16)22-14-19(3,23)17-11-10-15(2)25-17/h5-11,23H,4,12-14H2,1-3H3,(H2,20,21,22). The predicted octanol–water partition coefficient (Wildman–Crippen LogP) is 2.43. The van der Waals surface area contributed by atoms with E-state index >= 15 is 0 Å². The van der Waals surface area contributed by atoms with Crippen LogP contribution in [0.2, 0.25) is 0 Å². The number of hydrogen-bond donors (Lipinski definition) is 3. The molecule has 136 valence electrons. The molecule has 0 fully saturated rings. The number of guanidine groups is 1. The molecule has 1 aromatic heterocycles. The molecule has 0 aliphatic rings. The number of nitrogens with zero attached hydrogens (tertiary/aromatic N) is 1. The fourth-order valence-corrected chi connectivity index (χ4v) is 2.23. The van der Waals surface area contributed by atoms with E-state index in [-0.39, 0.29) is 6.54 Å². The second-order valence-corrected chi connectivity index (χ2v) is 5.97. The number of furan rings is 1. The molecule has 2 aromatic rings. The second-order valence-electron chi connectivity index (χ2n) is 5.97. The minimum atomic E-state index is -1.16. The van der Waals surface area contributed by atoms with E-state index in [1.807, 2.05) is 50.2 Å². The van der Waals surface area contributed by atoms with Gasteiger partial charge in [0.2, 0.25) is 0 Å². The van der Waals surface area contributed by atoms with Crippen LogP contribution in [0, 0.1) is 6.92 Å². The summed E-state index contributed by atoms with van der Waals surface area (Å²) < 4.78 is 11.2. The van der Waals surface area contributed by atoms with Crippen molar-refractivity contribution in [3.8, 4) is 5.75 Å². The number of nitrogens with one attached hydrogen (secondary N) is 2. The first-order valence-electron chi connectivity index (χ1n) is 8.50. The largest absolute Gasteiger partial charge is 0.492 e.